The Bertz CT molecular complexity index is 323. The van der Waals surface area contributed by atoms with Crippen LogP contribution in [0.3, 0.4) is 0 Å². The summed E-state index contributed by atoms with van der Waals surface area (Å²) in [7, 11) is 0. The summed E-state index contributed by atoms with van der Waals surface area (Å²) in [4.78, 5) is 0. The largest absolute Gasteiger partial charge is 0.327 e. The quantitative estimate of drug-likeness (QED) is 0.622. The first-order valence-electron chi connectivity index (χ1n) is 5.20. The van der Waals surface area contributed by atoms with E-state index in [1.54, 1.807) is 11.8 Å². The molecule has 2 heteroatoms. The normalized spacial score (nSPS) is 11.6. The first-order chi connectivity index (χ1) is 7.33. The van der Waals surface area contributed by atoms with Gasteiger partial charge in [0.1, 0.15) is 0 Å². The molecule has 0 aliphatic rings. The maximum atomic E-state index is 5.80. The zero-order chi connectivity index (χ0) is 10.9. The van der Waals surface area contributed by atoms with E-state index in [4.69, 9.17) is 5.73 Å². The molecule has 0 saturated heterocycles. The summed E-state index contributed by atoms with van der Waals surface area (Å²) in [6, 6.07) is 10.4. The van der Waals surface area contributed by atoms with Gasteiger partial charge in [-0.1, -0.05) is 37.0 Å². The molecule has 0 spiro atoms. The van der Waals surface area contributed by atoms with Crippen molar-refractivity contribution in [1.82, 2.24) is 0 Å². The van der Waals surface area contributed by atoms with E-state index in [2.05, 4.69) is 18.8 Å². The Kier molecular flexibility index (Phi) is 5.99. The Balaban J connectivity index is 2.23. The van der Waals surface area contributed by atoms with Gasteiger partial charge in [-0.3, -0.25) is 0 Å². The molecule has 15 heavy (non-hydrogen) atoms. The predicted octanol–water partition coefficient (Wildman–Crippen LogP) is 2.51. The summed E-state index contributed by atoms with van der Waals surface area (Å²) in [5.74, 6) is 8.13. The highest BCUT2D eigenvalue weighted by molar-refractivity contribution is 7.99. The molecule has 0 saturated carbocycles. The third-order valence-electron chi connectivity index (χ3n) is 2.04. The third kappa shape index (κ3) is 5.51. The molecule has 1 rings (SSSR count). The van der Waals surface area contributed by atoms with Gasteiger partial charge in [0.15, 0.2) is 0 Å². The van der Waals surface area contributed by atoms with E-state index in [1.165, 1.54) is 0 Å². The Hall–Kier alpha value is -0.910. The molecule has 0 radical (unpaired) electrons. The van der Waals surface area contributed by atoms with Crippen molar-refractivity contribution in [2.45, 2.75) is 19.4 Å². The lowest BCUT2D eigenvalue weighted by molar-refractivity contribution is 0.725. The van der Waals surface area contributed by atoms with Gasteiger partial charge < -0.3 is 5.73 Å². The van der Waals surface area contributed by atoms with Crippen LogP contribution in [0.2, 0.25) is 0 Å². The highest BCUT2D eigenvalue weighted by atomic mass is 32.2. The van der Waals surface area contributed by atoms with Gasteiger partial charge in [-0.05, 0) is 18.6 Å². The number of thioether (sulfide) groups is 1. The molecule has 0 aliphatic carbocycles. The van der Waals surface area contributed by atoms with Crippen molar-refractivity contribution in [3.63, 3.8) is 0 Å². The molecule has 1 aromatic carbocycles. The summed E-state index contributed by atoms with van der Waals surface area (Å²) in [6.45, 7) is 2.11. The van der Waals surface area contributed by atoms with Gasteiger partial charge in [0.2, 0.25) is 0 Å². The Morgan fingerprint density at radius 1 is 1.33 bits per heavy atom. The highest BCUT2D eigenvalue weighted by Crippen LogP contribution is 2.02. The van der Waals surface area contributed by atoms with Crippen LogP contribution in [0.1, 0.15) is 18.9 Å². The molecule has 1 aromatic rings. The van der Waals surface area contributed by atoms with Crippen molar-refractivity contribution >= 4 is 11.8 Å². The topological polar surface area (TPSA) is 26.0 Å². The fourth-order valence-corrected chi connectivity index (χ4v) is 1.87. The summed E-state index contributed by atoms with van der Waals surface area (Å²) in [5, 5.41) is 0. The maximum absolute atomic E-state index is 5.80. The molecule has 1 nitrogen and oxygen atoms in total. The monoisotopic (exact) mass is 219 g/mol. The average molecular weight is 219 g/mol. The summed E-state index contributed by atoms with van der Waals surface area (Å²) in [6.07, 6.45) is 1.04. The lowest BCUT2D eigenvalue weighted by Gasteiger charge is -2.04. The summed E-state index contributed by atoms with van der Waals surface area (Å²) < 4.78 is 0. The molecule has 0 fully saturated rings. The first kappa shape index (κ1) is 12.2. The summed E-state index contributed by atoms with van der Waals surface area (Å²) in [5.41, 5.74) is 6.88. The zero-order valence-electron chi connectivity index (χ0n) is 9.07. The van der Waals surface area contributed by atoms with Crippen LogP contribution in [-0.4, -0.2) is 17.5 Å². The van der Waals surface area contributed by atoms with E-state index < -0.39 is 0 Å². The molecule has 1 unspecified atom stereocenters. The van der Waals surface area contributed by atoms with Crippen molar-refractivity contribution < 1.29 is 0 Å². The van der Waals surface area contributed by atoms with Crippen LogP contribution >= 0.6 is 11.8 Å². The SMILES string of the molecule is CCC(N)CSCC#Cc1ccccc1. The smallest absolute Gasteiger partial charge is 0.0551 e. The fourth-order valence-electron chi connectivity index (χ4n) is 1.04. The minimum atomic E-state index is 0.313. The van der Waals surface area contributed by atoms with E-state index in [9.17, 15) is 0 Å². The van der Waals surface area contributed by atoms with E-state index in [0.29, 0.717) is 6.04 Å². The second-order valence-electron chi connectivity index (χ2n) is 3.35. The van der Waals surface area contributed by atoms with Crippen molar-refractivity contribution in [2.75, 3.05) is 11.5 Å². The van der Waals surface area contributed by atoms with Gasteiger partial charge in [0.25, 0.3) is 0 Å². The van der Waals surface area contributed by atoms with E-state index in [-0.39, 0.29) is 0 Å². The predicted molar refractivity (Wildman–Crippen MR) is 68.9 cm³/mol. The molecule has 2 N–H and O–H groups in total. The number of hydrogen-bond acceptors (Lipinski definition) is 2. The Labute approximate surface area is 96.4 Å². The molecule has 0 bridgehead atoms. The third-order valence-corrected chi connectivity index (χ3v) is 3.05. The van der Waals surface area contributed by atoms with Gasteiger partial charge in [-0.2, -0.15) is 0 Å². The standard InChI is InChI=1S/C13H17NS/c1-2-13(14)11-15-10-6-9-12-7-4-3-5-8-12/h3-5,7-8,13H,2,10-11,14H2,1H3. The van der Waals surface area contributed by atoms with Crippen LogP contribution in [0, 0.1) is 11.8 Å². The van der Waals surface area contributed by atoms with Gasteiger partial charge >= 0.3 is 0 Å². The van der Waals surface area contributed by atoms with E-state index in [1.807, 2.05) is 30.3 Å². The molecule has 80 valence electrons. The van der Waals surface area contributed by atoms with Gasteiger partial charge in [-0.25, -0.2) is 0 Å². The van der Waals surface area contributed by atoms with Crippen molar-refractivity contribution in [2.24, 2.45) is 5.73 Å². The van der Waals surface area contributed by atoms with Gasteiger partial charge in [-0.15, -0.1) is 11.8 Å². The summed E-state index contributed by atoms with van der Waals surface area (Å²) >= 11 is 1.81. The number of benzene rings is 1. The second kappa shape index (κ2) is 7.39. The van der Waals surface area contributed by atoms with Crippen LogP contribution in [-0.2, 0) is 0 Å². The second-order valence-corrected chi connectivity index (χ2v) is 4.38. The molecular weight excluding hydrogens is 202 g/mol. The van der Waals surface area contributed by atoms with Crippen LogP contribution in [0.25, 0.3) is 0 Å². The first-order valence-corrected chi connectivity index (χ1v) is 6.35. The molecule has 0 aromatic heterocycles. The molecule has 0 heterocycles. The van der Waals surface area contributed by atoms with Crippen LogP contribution < -0.4 is 5.73 Å². The van der Waals surface area contributed by atoms with Crippen molar-refractivity contribution in [1.29, 1.82) is 0 Å². The van der Waals surface area contributed by atoms with Gasteiger partial charge in [0.05, 0.1) is 5.75 Å². The minimum absolute atomic E-state index is 0.313. The van der Waals surface area contributed by atoms with Gasteiger partial charge in [0, 0.05) is 17.4 Å². The Morgan fingerprint density at radius 2 is 2.07 bits per heavy atom. The van der Waals surface area contributed by atoms with Crippen molar-refractivity contribution in [3.8, 4) is 11.8 Å². The number of hydrogen-bond donors (Lipinski definition) is 1. The maximum Gasteiger partial charge on any atom is 0.0551 e. The lowest BCUT2D eigenvalue weighted by Crippen LogP contribution is -2.21. The van der Waals surface area contributed by atoms with E-state index >= 15 is 0 Å². The van der Waals surface area contributed by atoms with Crippen LogP contribution in [0.5, 0.6) is 0 Å². The van der Waals surface area contributed by atoms with Crippen molar-refractivity contribution in [3.05, 3.63) is 35.9 Å². The number of rotatable bonds is 4. The average Bonchev–Trinajstić information content (AvgIpc) is 2.29. The Morgan fingerprint density at radius 3 is 2.73 bits per heavy atom. The van der Waals surface area contributed by atoms with Crippen LogP contribution in [0.4, 0.5) is 0 Å². The number of nitrogens with two attached hydrogens (primary N) is 1. The lowest BCUT2D eigenvalue weighted by atomic mass is 10.2. The molecule has 0 aliphatic heterocycles. The molecule has 0 amide bonds. The molecular formula is C13H17NS. The van der Waals surface area contributed by atoms with Crippen LogP contribution in [0.15, 0.2) is 30.3 Å². The minimum Gasteiger partial charge on any atom is -0.327 e. The van der Waals surface area contributed by atoms with E-state index in [0.717, 1.165) is 23.5 Å². The molecule has 1 atom stereocenters. The zero-order valence-corrected chi connectivity index (χ0v) is 9.89. The fraction of sp³-hybridized carbons (Fsp3) is 0.385. The highest BCUT2D eigenvalue weighted by Gasteiger charge is 1.96.